The fraction of sp³-hybridized carbons (Fsp3) is 0.440. The summed E-state index contributed by atoms with van der Waals surface area (Å²) in [6, 6.07) is 17.9. The lowest BCUT2D eigenvalue weighted by Crippen LogP contribution is -2.15. The van der Waals surface area contributed by atoms with Gasteiger partial charge in [-0.15, -0.1) is 0 Å². The van der Waals surface area contributed by atoms with Crippen molar-refractivity contribution in [2.75, 3.05) is 13.7 Å². The minimum atomic E-state index is 0.421. The molecule has 0 spiro atoms. The van der Waals surface area contributed by atoms with Crippen LogP contribution in [0.5, 0.6) is 0 Å². The van der Waals surface area contributed by atoms with E-state index in [1.54, 1.807) is 7.11 Å². The molecule has 0 bridgehead atoms. The van der Waals surface area contributed by atoms with Crippen LogP contribution < -0.4 is 5.32 Å². The molecule has 0 amide bonds. The molecule has 0 aliphatic carbocycles. The maximum atomic E-state index is 5.19. The van der Waals surface area contributed by atoms with E-state index in [1.165, 1.54) is 41.5 Å². The van der Waals surface area contributed by atoms with E-state index in [1.807, 2.05) is 0 Å². The van der Waals surface area contributed by atoms with Crippen LogP contribution in [0.2, 0.25) is 0 Å². The molecule has 0 saturated carbocycles. The Kier molecular flexibility index (Phi) is 9.13. The van der Waals surface area contributed by atoms with E-state index < -0.39 is 0 Å². The van der Waals surface area contributed by atoms with Crippen molar-refractivity contribution in [1.29, 1.82) is 0 Å². The van der Waals surface area contributed by atoms with E-state index >= 15 is 0 Å². The predicted molar refractivity (Wildman–Crippen MR) is 117 cm³/mol. The number of aryl methyl sites for hydroxylation is 1. The number of unbranched alkanes of at least 4 members (excludes halogenated alkanes) is 1. The second-order valence-corrected chi connectivity index (χ2v) is 7.39. The highest BCUT2D eigenvalue weighted by Gasteiger charge is 2.06. The molecule has 0 aliphatic rings. The van der Waals surface area contributed by atoms with Crippen molar-refractivity contribution in [2.45, 2.75) is 52.5 Å². The summed E-state index contributed by atoms with van der Waals surface area (Å²) in [4.78, 5) is 0. The molecule has 0 radical (unpaired) electrons. The Bertz CT molecular complexity index is 672. The van der Waals surface area contributed by atoms with Gasteiger partial charge in [-0.2, -0.15) is 0 Å². The monoisotopic (exact) mass is 365 g/mol. The molecule has 1 N–H and O–H groups in total. The first-order chi connectivity index (χ1) is 13.1. The minimum absolute atomic E-state index is 0.421. The molecule has 2 rings (SSSR count). The largest absolute Gasteiger partial charge is 0.501 e. The van der Waals surface area contributed by atoms with Gasteiger partial charge in [-0.05, 0) is 54.5 Å². The van der Waals surface area contributed by atoms with Gasteiger partial charge in [-0.25, -0.2) is 0 Å². The molecule has 2 nitrogen and oxygen atoms in total. The number of nitrogens with one attached hydrogen (secondary N) is 1. The zero-order chi connectivity index (χ0) is 19.5. The number of ether oxygens (including phenoxy) is 1. The fourth-order valence-corrected chi connectivity index (χ4v) is 3.19. The quantitative estimate of drug-likeness (QED) is 0.349. The van der Waals surface area contributed by atoms with E-state index in [4.69, 9.17) is 4.74 Å². The van der Waals surface area contributed by atoms with Crippen molar-refractivity contribution in [3.63, 3.8) is 0 Å². The zero-order valence-corrected chi connectivity index (χ0v) is 17.3. The summed E-state index contributed by atoms with van der Waals surface area (Å²) in [6.07, 6.45) is 5.93. The summed E-state index contributed by atoms with van der Waals surface area (Å²) in [5.41, 5.74) is 5.34. The Hall–Kier alpha value is -2.06. The van der Waals surface area contributed by atoms with Crippen LogP contribution in [-0.2, 0) is 17.7 Å². The van der Waals surface area contributed by atoms with Gasteiger partial charge in [0.2, 0.25) is 0 Å². The lowest BCUT2D eigenvalue weighted by Gasteiger charge is -2.13. The maximum Gasteiger partial charge on any atom is 0.0911 e. The SMILES string of the molecule is C=C(OC)[C@@H](C)CCCNCc1ccc(-c2ccc(CCCC)cc2)cc1. The van der Waals surface area contributed by atoms with Crippen LogP contribution in [0.3, 0.4) is 0 Å². The van der Waals surface area contributed by atoms with Crippen LogP contribution in [0.15, 0.2) is 60.9 Å². The van der Waals surface area contributed by atoms with Crippen molar-refractivity contribution in [3.05, 3.63) is 72.0 Å². The molecular weight excluding hydrogens is 330 g/mol. The van der Waals surface area contributed by atoms with Crippen LogP contribution >= 0.6 is 0 Å². The third-order valence-corrected chi connectivity index (χ3v) is 5.19. The molecule has 0 aromatic heterocycles. The summed E-state index contributed by atoms with van der Waals surface area (Å²) in [7, 11) is 1.70. The number of hydrogen-bond donors (Lipinski definition) is 1. The Balaban J connectivity index is 1.75. The first-order valence-corrected chi connectivity index (χ1v) is 10.3. The van der Waals surface area contributed by atoms with Gasteiger partial charge in [-0.3, -0.25) is 0 Å². The average Bonchev–Trinajstić information content (AvgIpc) is 2.72. The summed E-state index contributed by atoms with van der Waals surface area (Å²) >= 11 is 0. The molecule has 2 aromatic rings. The Morgan fingerprint density at radius 2 is 1.56 bits per heavy atom. The van der Waals surface area contributed by atoms with Crippen molar-refractivity contribution in [2.24, 2.45) is 5.92 Å². The highest BCUT2D eigenvalue weighted by molar-refractivity contribution is 5.63. The van der Waals surface area contributed by atoms with Gasteiger partial charge in [0, 0.05) is 12.5 Å². The minimum Gasteiger partial charge on any atom is -0.501 e. The van der Waals surface area contributed by atoms with Gasteiger partial charge in [0.15, 0.2) is 0 Å². The molecule has 0 heterocycles. The van der Waals surface area contributed by atoms with Gasteiger partial charge < -0.3 is 10.1 Å². The summed E-state index contributed by atoms with van der Waals surface area (Å²) in [5.74, 6) is 1.30. The Labute approximate surface area is 165 Å². The molecular formula is C25H35NO. The Morgan fingerprint density at radius 3 is 2.11 bits per heavy atom. The summed E-state index contributed by atoms with van der Waals surface area (Å²) in [6.45, 7) is 10.3. The second kappa shape index (κ2) is 11.6. The highest BCUT2D eigenvalue weighted by atomic mass is 16.5. The lowest BCUT2D eigenvalue weighted by molar-refractivity contribution is 0.243. The first kappa shape index (κ1) is 21.2. The second-order valence-electron chi connectivity index (χ2n) is 7.39. The molecule has 0 saturated heterocycles. The fourth-order valence-electron chi connectivity index (χ4n) is 3.19. The van der Waals surface area contributed by atoms with Crippen LogP contribution in [0.1, 0.15) is 50.7 Å². The molecule has 27 heavy (non-hydrogen) atoms. The van der Waals surface area contributed by atoms with Crippen molar-refractivity contribution in [1.82, 2.24) is 5.32 Å². The number of benzene rings is 2. The van der Waals surface area contributed by atoms with Crippen LogP contribution in [0, 0.1) is 5.92 Å². The molecule has 0 unspecified atom stereocenters. The van der Waals surface area contributed by atoms with Crippen molar-refractivity contribution in [3.8, 4) is 11.1 Å². The van der Waals surface area contributed by atoms with Gasteiger partial charge in [0.05, 0.1) is 12.9 Å². The van der Waals surface area contributed by atoms with Crippen molar-refractivity contribution < 1.29 is 4.74 Å². The maximum absolute atomic E-state index is 5.19. The highest BCUT2D eigenvalue weighted by Crippen LogP contribution is 2.21. The van der Waals surface area contributed by atoms with Gasteiger partial charge in [0.1, 0.15) is 0 Å². The number of methoxy groups -OCH3 is 1. The third kappa shape index (κ3) is 7.22. The average molecular weight is 366 g/mol. The standard InChI is InChI=1S/C25H35NO/c1-5-6-9-22-10-14-24(15-11-22)25-16-12-23(13-17-25)19-26-18-7-8-20(2)21(3)27-4/h10-17,20,26H,3,5-9,18-19H2,1-2,4H3/t20-/m0/s1. The Morgan fingerprint density at radius 1 is 0.963 bits per heavy atom. The molecule has 146 valence electrons. The number of rotatable bonds is 12. The van der Waals surface area contributed by atoms with Crippen LogP contribution in [0.4, 0.5) is 0 Å². The van der Waals surface area contributed by atoms with E-state index in [0.29, 0.717) is 5.92 Å². The molecule has 0 fully saturated rings. The summed E-state index contributed by atoms with van der Waals surface area (Å²) in [5, 5.41) is 3.53. The number of allylic oxidation sites excluding steroid dienone is 1. The zero-order valence-electron chi connectivity index (χ0n) is 17.3. The smallest absolute Gasteiger partial charge is 0.0911 e. The van der Waals surface area contributed by atoms with Crippen LogP contribution in [0.25, 0.3) is 11.1 Å². The predicted octanol–water partition coefficient (Wildman–Crippen LogP) is 6.36. The topological polar surface area (TPSA) is 21.3 Å². The van der Waals surface area contributed by atoms with Gasteiger partial charge in [0.25, 0.3) is 0 Å². The van der Waals surface area contributed by atoms with E-state index in [-0.39, 0.29) is 0 Å². The molecule has 0 aliphatic heterocycles. The summed E-state index contributed by atoms with van der Waals surface area (Å²) < 4.78 is 5.19. The molecule has 2 heteroatoms. The van der Waals surface area contributed by atoms with Crippen molar-refractivity contribution >= 4 is 0 Å². The third-order valence-electron chi connectivity index (χ3n) is 5.19. The van der Waals surface area contributed by atoms with Gasteiger partial charge >= 0.3 is 0 Å². The number of hydrogen-bond acceptors (Lipinski definition) is 2. The first-order valence-electron chi connectivity index (χ1n) is 10.3. The van der Waals surface area contributed by atoms with Crippen LogP contribution in [-0.4, -0.2) is 13.7 Å². The molecule has 1 atom stereocenters. The van der Waals surface area contributed by atoms with Gasteiger partial charge in [-0.1, -0.05) is 75.4 Å². The lowest BCUT2D eigenvalue weighted by atomic mass is 10.0. The molecule has 2 aromatic carbocycles. The van der Waals surface area contributed by atoms with E-state index in [0.717, 1.165) is 31.7 Å². The normalized spacial score (nSPS) is 12.0. The van der Waals surface area contributed by atoms with E-state index in [2.05, 4.69) is 74.3 Å². The van der Waals surface area contributed by atoms with E-state index in [9.17, 15) is 0 Å².